The molecule has 1 fully saturated rings. The number of para-hydroxylation sites is 1. The first kappa shape index (κ1) is 10.4. The molecule has 17 heavy (non-hydrogen) atoms. The molecule has 3 rings (SSSR count). The largest absolute Gasteiger partial charge is 0.360 e. The molecule has 88 valence electrons. The van der Waals surface area contributed by atoms with Crippen molar-refractivity contribution in [2.45, 2.75) is 0 Å². The standard InChI is InChI=1S/C13H15N3O/c17-13(16-7-5-14-6-8-16)11-9-15-12-4-2-1-3-10(11)12/h1-4,9,14-15H,5-8H2. The summed E-state index contributed by atoms with van der Waals surface area (Å²) in [6, 6.07) is 7.91. The first-order valence-electron chi connectivity index (χ1n) is 5.92. The third-order valence-corrected chi connectivity index (χ3v) is 3.22. The number of amides is 1. The lowest BCUT2D eigenvalue weighted by molar-refractivity contribution is 0.0738. The second-order valence-corrected chi connectivity index (χ2v) is 4.29. The topological polar surface area (TPSA) is 48.1 Å². The van der Waals surface area contributed by atoms with Crippen LogP contribution in [0.2, 0.25) is 0 Å². The number of piperazine rings is 1. The molecule has 0 unspecified atom stereocenters. The van der Waals surface area contributed by atoms with Gasteiger partial charge in [0, 0.05) is 43.3 Å². The van der Waals surface area contributed by atoms with Gasteiger partial charge in [0.15, 0.2) is 0 Å². The van der Waals surface area contributed by atoms with Gasteiger partial charge in [0.2, 0.25) is 0 Å². The van der Waals surface area contributed by atoms with E-state index in [2.05, 4.69) is 10.3 Å². The smallest absolute Gasteiger partial charge is 0.256 e. The third kappa shape index (κ3) is 1.80. The molecule has 0 aliphatic carbocycles. The van der Waals surface area contributed by atoms with Gasteiger partial charge in [-0.15, -0.1) is 0 Å². The van der Waals surface area contributed by atoms with E-state index in [4.69, 9.17) is 0 Å². The molecule has 0 atom stereocenters. The minimum atomic E-state index is 0.129. The average molecular weight is 229 g/mol. The van der Waals surface area contributed by atoms with Gasteiger partial charge in [0.05, 0.1) is 5.56 Å². The number of carbonyl (C=O) groups excluding carboxylic acids is 1. The molecule has 1 aliphatic rings. The van der Waals surface area contributed by atoms with Crippen molar-refractivity contribution in [2.24, 2.45) is 0 Å². The van der Waals surface area contributed by atoms with E-state index in [1.54, 1.807) is 0 Å². The normalized spacial score (nSPS) is 16.4. The minimum absolute atomic E-state index is 0.129. The van der Waals surface area contributed by atoms with Crippen molar-refractivity contribution < 1.29 is 4.79 Å². The number of hydrogen-bond donors (Lipinski definition) is 2. The monoisotopic (exact) mass is 229 g/mol. The number of nitrogens with zero attached hydrogens (tertiary/aromatic N) is 1. The summed E-state index contributed by atoms with van der Waals surface area (Å²) in [5.74, 6) is 0.129. The Balaban J connectivity index is 1.95. The zero-order valence-corrected chi connectivity index (χ0v) is 9.57. The van der Waals surface area contributed by atoms with E-state index in [1.807, 2.05) is 35.4 Å². The van der Waals surface area contributed by atoms with Crippen molar-refractivity contribution in [3.05, 3.63) is 36.0 Å². The maximum atomic E-state index is 12.4. The number of rotatable bonds is 1. The van der Waals surface area contributed by atoms with Crippen LogP contribution >= 0.6 is 0 Å². The SMILES string of the molecule is O=C(c1c[nH]c2ccccc12)N1CCNCC1. The van der Waals surface area contributed by atoms with Gasteiger partial charge in [-0.1, -0.05) is 18.2 Å². The molecule has 4 nitrogen and oxygen atoms in total. The first-order chi connectivity index (χ1) is 8.36. The Morgan fingerprint density at radius 2 is 1.94 bits per heavy atom. The van der Waals surface area contributed by atoms with Gasteiger partial charge in [-0.3, -0.25) is 4.79 Å². The Labute approximate surface area is 99.6 Å². The molecule has 0 saturated carbocycles. The Bertz CT molecular complexity index is 540. The van der Waals surface area contributed by atoms with Crippen molar-refractivity contribution in [2.75, 3.05) is 26.2 Å². The van der Waals surface area contributed by atoms with Gasteiger partial charge in [-0.05, 0) is 6.07 Å². The summed E-state index contributed by atoms with van der Waals surface area (Å²) >= 11 is 0. The molecule has 2 N–H and O–H groups in total. The highest BCUT2D eigenvalue weighted by Crippen LogP contribution is 2.19. The minimum Gasteiger partial charge on any atom is -0.360 e. The zero-order valence-electron chi connectivity index (χ0n) is 9.57. The lowest BCUT2D eigenvalue weighted by atomic mass is 10.1. The fraction of sp³-hybridized carbons (Fsp3) is 0.308. The lowest BCUT2D eigenvalue weighted by Gasteiger charge is -2.27. The Hall–Kier alpha value is -1.81. The number of aromatic amines is 1. The van der Waals surface area contributed by atoms with Gasteiger partial charge < -0.3 is 15.2 Å². The average Bonchev–Trinajstić information content (AvgIpc) is 2.83. The molecule has 1 aromatic carbocycles. The fourth-order valence-corrected chi connectivity index (χ4v) is 2.29. The van der Waals surface area contributed by atoms with E-state index in [-0.39, 0.29) is 5.91 Å². The van der Waals surface area contributed by atoms with E-state index < -0.39 is 0 Å². The third-order valence-electron chi connectivity index (χ3n) is 3.22. The number of H-pyrrole nitrogens is 1. The number of carbonyl (C=O) groups is 1. The van der Waals surface area contributed by atoms with E-state index in [0.29, 0.717) is 0 Å². The number of fused-ring (bicyclic) bond motifs is 1. The van der Waals surface area contributed by atoms with Crippen molar-refractivity contribution in [3.63, 3.8) is 0 Å². The second kappa shape index (κ2) is 4.22. The van der Waals surface area contributed by atoms with Crippen LogP contribution in [0.5, 0.6) is 0 Å². The maximum Gasteiger partial charge on any atom is 0.256 e. The van der Waals surface area contributed by atoms with E-state index in [0.717, 1.165) is 42.6 Å². The second-order valence-electron chi connectivity index (χ2n) is 4.29. The van der Waals surface area contributed by atoms with Crippen molar-refractivity contribution in [3.8, 4) is 0 Å². The molecule has 0 radical (unpaired) electrons. The number of hydrogen-bond acceptors (Lipinski definition) is 2. The summed E-state index contributed by atoms with van der Waals surface area (Å²) in [7, 11) is 0. The molecule has 0 bridgehead atoms. The molecule has 2 heterocycles. The number of nitrogens with one attached hydrogen (secondary N) is 2. The summed E-state index contributed by atoms with van der Waals surface area (Å²) in [5.41, 5.74) is 1.80. The molecule has 4 heteroatoms. The summed E-state index contributed by atoms with van der Waals surface area (Å²) in [4.78, 5) is 17.4. The molecule has 1 aromatic heterocycles. The molecule has 1 saturated heterocycles. The molecule has 1 aliphatic heterocycles. The van der Waals surface area contributed by atoms with Crippen LogP contribution in [0, 0.1) is 0 Å². The van der Waals surface area contributed by atoms with E-state index >= 15 is 0 Å². The highest BCUT2D eigenvalue weighted by molar-refractivity contribution is 6.06. The highest BCUT2D eigenvalue weighted by Gasteiger charge is 2.20. The summed E-state index contributed by atoms with van der Waals surface area (Å²) in [5, 5.41) is 4.26. The Kier molecular flexibility index (Phi) is 2.57. The molecular formula is C13H15N3O. The van der Waals surface area contributed by atoms with Crippen LogP contribution < -0.4 is 5.32 Å². The molecule has 0 spiro atoms. The summed E-state index contributed by atoms with van der Waals surface area (Å²) in [6.45, 7) is 3.35. The van der Waals surface area contributed by atoms with E-state index in [1.165, 1.54) is 0 Å². The number of benzene rings is 1. The van der Waals surface area contributed by atoms with Gasteiger partial charge >= 0.3 is 0 Å². The highest BCUT2D eigenvalue weighted by atomic mass is 16.2. The fourth-order valence-electron chi connectivity index (χ4n) is 2.29. The van der Waals surface area contributed by atoms with Gasteiger partial charge in [0.1, 0.15) is 0 Å². The van der Waals surface area contributed by atoms with E-state index in [9.17, 15) is 4.79 Å². The summed E-state index contributed by atoms with van der Waals surface area (Å²) in [6.07, 6.45) is 1.81. The lowest BCUT2D eigenvalue weighted by Crippen LogP contribution is -2.46. The Morgan fingerprint density at radius 1 is 1.18 bits per heavy atom. The molecule has 1 amide bonds. The predicted molar refractivity (Wildman–Crippen MR) is 67.1 cm³/mol. The van der Waals surface area contributed by atoms with Crippen LogP contribution in [0.15, 0.2) is 30.5 Å². The van der Waals surface area contributed by atoms with Gasteiger partial charge in [0.25, 0.3) is 5.91 Å². The predicted octanol–water partition coefficient (Wildman–Crippen LogP) is 1.21. The quantitative estimate of drug-likeness (QED) is 0.772. The molecule has 2 aromatic rings. The zero-order chi connectivity index (χ0) is 11.7. The maximum absolute atomic E-state index is 12.4. The van der Waals surface area contributed by atoms with Crippen LogP contribution in [0.4, 0.5) is 0 Å². The summed E-state index contributed by atoms with van der Waals surface area (Å²) < 4.78 is 0. The van der Waals surface area contributed by atoms with Crippen LogP contribution in [-0.4, -0.2) is 42.0 Å². The van der Waals surface area contributed by atoms with Crippen molar-refractivity contribution >= 4 is 16.8 Å². The van der Waals surface area contributed by atoms with Crippen molar-refractivity contribution in [1.82, 2.24) is 15.2 Å². The van der Waals surface area contributed by atoms with Crippen molar-refractivity contribution in [1.29, 1.82) is 0 Å². The molecular weight excluding hydrogens is 214 g/mol. The van der Waals surface area contributed by atoms with Crippen LogP contribution in [-0.2, 0) is 0 Å². The Morgan fingerprint density at radius 3 is 2.76 bits per heavy atom. The van der Waals surface area contributed by atoms with Crippen LogP contribution in [0.3, 0.4) is 0 Å². The number of aromatic nitrogens is 1. The first-order valence-corrected chi connectivity index (χ1v) is 5.92. The van der Waals surface area contributed by atoms with Gasteiger partial charge in [-0.25, -0.2) is 0 Å². The van der Waals surface area contributed by atoms with Gasteiger partial charge in [-0.2, -0.15) is 0 Å². The van der Waals surface area contributed by atoms with Crippen LogP contribution in [0.1, 0.15) is 10.4 Å². The van der Waals surface area contributed by atoms with Crippen LogP contribution in [0.25, 0.3) is 10.9 Å².